The van der Waals surface area contributed by atoms with E-state index in [0.29, 0.717) is 34.3 Å². The Balaban J connectivity index is 1.80. The minimum Gasteiger partial charge on any atom is -0.496 e. The molecule has 6 heteroatoms. The first-order chi connectivity index (χ1) is 11.7. The van der Waals surface area contributed by atoms with Crippen molar-refractivity contribution in [2.75, 3.05) is 21.0 Å². The van der Waals surface area contributed by atoms with Crippen molar-refractivity contribution in [2.24, 2.45) is 0 Å². The smallest absolute Gasteiger partial charge is 0.231 e. The van der Waals surface area contributed by atoms with Gasteiger partial charge < -0.3 is 23.7 Å². The molecule has 124 valence electrons. The Morgan fingerprint density at radius 3 is 2.71 bits per heavy atom. The second-order valence-electron chi connectivity index (χ2n) is 5.49. The van der Waals surface area contributed by atoms with Crippen molar-refractivity contribution in [3.63, 3.8) is 0 Å². The summed E-state index contributed by atoms with van der Waals surface area (Å²) in [7, 11) is 3.09. The molecule has 0 saturated heterocycles. The highest BCUT2D eigenvalue weighted by atomic mass is 16.7. The lowest BCUT2D eigenvalue weighted by molar-refractivity contribution is 0.0841. The third-order valence-corrected chi connectivity index (χ3v) is 4.19. The van der Waals surface area contributed by atoms with Gasteiger partial charge in [-0.2, -0.15) is 0 Å². The summed E-state index contributed by atoms with van der Waals surface area (Å²) < 4.78 is 27.7. The summed E-state index contributed by atoms with van der Waals surface area (Å²) in [5.41, 5.74) is 1.23. The molecule has 0 fully saturated rings. The van der Waals surface area contributed by atoms with Gasteiger partial charge in [0.15, 0.2) is 17.3 Å². The second kappa shape index (κ2) is 5.63. The lowest BCUT2D eigenvalue weighted by atomic mass is 9.94. The summed E-state index contributed by atoms with van der Waals surface area (Å²) in [6.45, 7) is 0.0959. The van der Waals surface area contributed by atoms with Gasteiger partial charge in [-0.25, -0.2) is 0 Å². The molecule has 2 heterocycles. The molecule has 0 N–H and O–H groups in total. The highest BCUT2D eigenvalue weighted by Crippen LogP contribution is 2.51. The number of ether oxygens (including phenoxy) is 5. The molecule has 0 aliphatic carbocycles. The van der Waals surface area contributed by atoms with E-state index in [1.165, 1.54) is 7.11 Å². The zero-order valence-corrected chi connectivity index (χ0v) is 13.3. The van der Waals surface area contributed by atoms with Crippen LogP contribution in [0.3, 0.4) is 0 Å². The molecular weight excluding hydrogens is 312 g/mol. The predicted octanol–water partition coefficient (Wildman–Crippen LogP) is 3.14. The largest absolute Gasteiger partial charge is 0.496 e. The summed E-state index contributed by atoms with van der Waals surface area (Å²) in [4.78, 5) is 12.8. The number of hydrogen-bond acceptors (Lipinski definition) is 6. The Hall–Kier alpha value is -2.89. The molecule has 2 aliphatic rings. The fraction of sp³-hybridized carbons (Fsp3) is 0.278. The molecule has 2 aliphatic heterocycles. The molecule has 4 rings (SSSR count). The van der Waals surface area contributed by atoms with Gasteiger partial charge in [0.05, 0.1) is 20.6 Å². The second-order valence-corrected chi connectivity index (χ2v) is 5.49. The number of fused-ring (bicyclic) bond motifs is 2. The third-order valence-electron chi connectivity index (χ3n) is 4.19. The van der Waals surface area contributed by atoms with Crippen molar-refractivity contribution in [2.45, 2.75) is 12.5 Å². The maximum atomic E-state index is 12.8. The molecule has 0 bridgehead atoms. The van der Waals surface area contributed by atoms with Gasteiger partial charge in [-0.3, -0.25) is 4.79 Å². The normalized spacial score (nSPS) is 17.9. The van der Waals surface area contributed by atoms with Gasteiger partial charge in [0.25, 0.3) is 0 Å². The number of para-hydroxylation sites is 1. The highest BCUT2D eigenvalue weighted by Gasteiger charge is 2.36. The molecule has 24 heavy (non-hydrogen) atoms. The van der Waals surface area contributed by atoms with Crippen LogP contribution in [0, 0.1) is 0 Å². The SMILES string of the molecule is COc1ccccc1[C@H]1CC(=O)c2c(cc3c(c2OC)OCO3)O1. The Kier molecular flexibility index (Phi) is 3.45. The molecule has 1 atom stereocenters. The Morgan fingerprint density at radius 2 is 1.92 bits per heavy atom. The van der Waals surface area contributed by atoms with E-state index >= 15 is 0 Å². The van der Waals surface area contributed by atoms with Crippen molar-refractivity contribution >= 4 is 5.78 Å². The summed E-state index contributed by atoms with van der Waals surface area (Å²) in [6, 6.07) is 9.19. The van der Waals surface area contributed by atoms with Crippen LogP contribution in [-0.4, -0.2) is 26.8 Å². The number of carbonyl (C=O) groups is 1. The standard InChI is InChI=1S/C18H16O6/c1-20-12-6-4-3-5-10(12)13-7-11(19)16-14(24-13)8-15-17(18(16)21-2)23-9-22-15/h3-6,8,13H,7,9H2,1-2H3/t13-/m1/s1. The zero-order chi connectivity index (χ0) is 16.7. The quantitative estimate of drug-likeness (QED) is 0.862. The molecule has 0 saturated carbocycles. The van der Waals surface area contributed by atoms with Crippen molar-refractivity contribution in [3.05, 3.63) is 41.5 Å². The number of benzene rings is 2. The maximum Gasteiger partial charge on any atom is 0.231 e. The van der Waals surface area contributed by atoms with Gasteiger partial charge in [-0.05, 0) is 6.07 Å². The van der Waals surface area contributed by atoms with Crippen LogP contribution in [0.4, 0.5) is 0 Å². The van der Waals surface area contributed by atoms with Gasteiger partial charge in [0.2, 0.25) is 12.5 Å². The summed E-state index contributed by atoms with van der Waals surface area (Å²) >= 11 is 0. The van der Waals surface area contributed by atoms with E-state index in [1.807, 2.05) is 24.3 Å². The van der Waals surface area contributed by atoms with Crippen LogP contribution >= 0.6 is 0 Å². The van der Waals surface area contributed by atoms with Crippen molar-refractivity contribution in [3.8, 4) is 28.7 Å². The van der Waals surface area contributed by atoms with E-state index in [1.54, 1.807) is 13.2 Å². The van der Waals surface area contributed by atoms with Crippen LogP contribution in [-0.2, 0) is 0 Å². The van der Waals surface area contributed by atoms with E-state index in [0.717, 1.165) is 5.56 Å². The van der Waals surface area contributed by atoms with E-state index in [4.69, 9.17) is 23.7 Å². The first-order valence-electron chi connectivity index (χ1n) is 7.56. The lowest BCUT2D eigenvalue weighted by Crippen LogP contribution is -2.21. The molecule has 2 aromatic carbocycles. The first kappa shape index (κ1) is 14.7. The fourth-order valence-corrected chi connectivity index (χ4v) is 3.11. The van der Waals surface area contributed by atoms with Crippen molar-refractivity contribution in [1.29, 1.82) is 0 Å². The summed E-state index contributed by atoms with van der Waals surface area (Å²) in [5, 5.41) is 0. The summed E-state index contributed by atoms with van der Waals surface area (Å²) in [5.74, 6) is 2.38. The first-order valence-corrected chi connectivity index (χ1v) is 7.56. The third kappa shape index (κ3) is 2.14. The number of ketones is 1. The molecule has 0 aromatic heterocycles. The van der Waals surface area contributed by atoms with E-state index in [2.05, 4.69) is 0 Å². The monoisotopic (exact) mass is 328 g/mol. The number of carbonyl (C=O) groups excluding carboxylic acids is 1. The topological polar surface area (TPSA) is 63.2 Å². The Bertz CT molecular complexity index is 813. The highest BCUT2D eigenvalue weighted by molar-refractivity contribution is 6.04. The van der Waals surface area contributed by atoms with E-state index < -0.39 is 6.10 Å². The van der Waals surface area contributed by atoms with E-state index in [-0.39, 0.29) is 19.0 Å². The van der Waals surface area contributed by atoms with Crippen LogP contribution in [0.5, 0.6) is 28.7 Å². The van der Waals surface area contributed by atoms with Gasteiger partial charge in [0.1, 0.15) is 23.2 Å². The van der Waals surface area contributed by atoms with Crippen LogP contribution in [0.25, 0.3) is 0 Å². The number of hydrogen-bond donors (Lipinski definition) is 0. The van der Waals surface area contributed by atoms with Gasteiger partial charge >= 0.3 is 0 Å². The molecule has 0 spiro atoms. The fourth-order valence-electron chi connectivity index (χ4n) is 3.11. The van der Waals surface area contributed by atoms with Gasteiger partial charge in [0, 0.05) is 11.6 Å². The maximum absolute atomic E-state index is 12.8. The van der Waals surface area contributed by atoms with E-state index in [9.17, 15) is 4.79 Å². The minimum atomic E-state index is -0.425. The van der Waals surface area contributed by atoms with Crippen LogP contribution in [0.15, 0.2) is 30.3 Å². The molecule has 0 unspecified atom stereocenters. The zero-order valence-electron chi connectivity index (χ0n) is 13.3. The predicted molar refractivity (Wildman–Crippen MR) is 84.4 cm³/mol. The molecule has 0 radical (unpaired) electrons. The number of methoxy groups -OCH3 is 2. The molecule has 2 aromatic rings. The summed E-state index contributed by atoms with van der Waals surface area (Å²) in [6.07, 6.45) is -0.227. The lowest BCUT2D eigenvalue weighted by Gasteiger charge is -2.27. The van der Waals surface area contributed by atoms with Crippen molar-refractivity contribution < 1.29 is 28.5 Å². The Labute approximate surface area is 138 Å². The van der Waals surface area contributed by atoms with Gasteiger partial charge in [-0.15, -0.1) is 0 Å². The molecule has 0 amide bonds. The minimum absolute atomic E-state index is 0.0673. The number of Topliss-reactive ketones (excluding diaryl/α,β-unsaturated/α-hetero) is 1. The average Bonchev–Trinajstić information content (AvgIpc) is 3.07. The van der Waals surface area contributed by atoms with Crippen molar-refractivity contribution in [1.82, 2.24) is 0 Å². The number of rotatable bonds is 3. The molecule has 6 nitrogen and oxygen atoms in total. The van der Waals surface area contributed by atoms with Crippen LogP contribution in [0.1, 0.15) is 28.4 Å². The molecular formula is C18H16O6. The van der Waals surface area contributed by atoms with Gasteiger partial charge in [-0.1, -0.05) is 18.2 Å². The van der Waals surface area contributed by atoms with Crippen LogP contribution < -0.4 is 23.7 Å². The average molecular weight is 328 g/mol. The van der Waals surface area contributed by atoms with Crippen LogP contribution in [0.2, 0.25) is 0 Å². The Morgan fingerprint density at radius 1 is 1.08 bits per heavy atom.